The van der Waals surface area contributed by atoms with Gasteiger partial charge in [0.1, 0.15) is 6.04 Å². The molecule has 1 atom stereocenters. The lowest BCUT2D eigenvalue weighted by molar-refractivity contribution is -0.432. The summed E-state index contributed by atoms with van der Waals surface area (Å²) in [6.45, 7) is 0. The summed E-state index contributed by atoms with van der Waals surface area (Å²) in [5.41, 5.74) is 0.650. The summed E-state index contributed by atoms with van der Waals surface area (Å²) in [7, 11) is 1.52. The van der Waals surface area contributed by atoms with Gasteiger partial charge < -0.3 is 5.32 Å². The molecule has 0 saturated carbocycles. The van der Waals surface area contributed by atoms with Crippen LogP contribution in [0.4, 0.5) is 4.79 Å². The van der Waals surface area contributed by atoms with Crippen molar-refractivity contribution in [3.63, 3.8) is 0 Å². The van der Waals surface area contributed by atoms with Crippen molar-refractivity contribution in [2.45, 2.75) is 6.04 Å². The van der Waals surface area contributed by atoms with Gasteiger partial charge in [0, 0.05) is 11.5 Å². The Morgan fingerprint density at radius 2 is 2.20 bits per heavy atom. The highest BCUT2D eigenvalue weighted by molar-refractivity contribution is 9.10. The fourth-order valence-corrected chi connectivity index (χ4v) is 3.20. The number of carbonyl (C=O) groups is 1. The van der Waals surface area contributed by atoms with Gasteiger partial charge in [0.15, 0.2) is 5.03 Å². The zero-order valence-electron chi connectivity index (χ0n) is 10.8. The highest BCUT2D eigenvalue weighted by Gasteiger charge is 2.39. The van der Waals surface area contributed by atoms with Crippen LogP contribution in [0.25, 0.3) is 0 Å². The minimum atomic E-state index is -0.756. The Morgan fingerprint density at radius 3 is 2.75 bits per heavy atom. The molecule has 0 aromatic heterocycles. The van der Waals surface area contributed by atoms with Crippen molar-refractivity contribution in [2.75, 3.05) is 13.3 Å². The van der Waals surface area contributed by atoms with Gasteiger partial charge in [-0.1, -0.05) is 28.1 Å². The van der Waals surface area contributed by atoms with E-state index in [1.165, 1.54) is 23.7 Å². The number of hydrogen-bond donors (Lipinski definition) is 1. The molecule has 0 unspecified atom stereocenters. The lowest BCUT2D eigenvalue weighted by atomic mass is 10.0. The first kappa shape index (κ1) is 14.9. The number of rotatable bonds is 3. The molecule has 1 aliphatic heterocycles. The zero-order chi connectivity index (χ0) is 14.9. The van der Waals surface area contributed by atoms with Gasteiger partial charge in [0.2, 0.25) is 0 Å². The number of amides is 2. The summed E-state index contributed by atoms with van der Waals surface area (Å²) in [5.74, 6) is 0. The van der Waals surface area contributed by atoms with Gasteiger partial charge in [0.25, 0.3) is 0 Å². The third-order valence-electron chi connectivity index (χ3n) is 2.94. The van der Waals surface area contributed by atoms with Crippen LogP contribution in [0.1, 0.15) is 11.6 Å². The van der Waals surface area contributed by atoms with Crippen LogP contribution in [-0.4, -0.2) is 29.2 Å². The largest absolute Gasteiger partial charge is 0.323 e. The van der Waals surface area contributed by atoms with Crippen LogP contribution in [0.3, 0.4) is 0 Å². The molecule has 0 radical (unpaired) electrons. The maximum Gasteiger partial charge on any atom is 0.323 e. The first-order valence-corrected chi connectivity index (χ1v) is 7.69. The van der Waals surface area contributed by atoms with E-state index in [-0.39, 0.29) is 11.7 Å². The van der Waals surface area contributed by atoms with Crippen LogP contribution in [0.15, 0.2) is 39.5 Å². The Bertz CT molecular complexity index is 605. The van der Waals surface area contributed by atoms with Gasteiger partial charge in [-0.25, -0.2) is 4.79 Å². The summed E-state index contributed by atoms with van der Waals surface area (Å²) in [4.78, 5) is 24.1. The van der Waals surface area contributed by atoms with Crippen molar-refractivity contribution in [1.29, 1.82) is 0 Å². The molecule has 20 heavy (non-hydrogen) atoms. The summed E-state index contributed by atoms with van der Waals surface area (Å²) < 4.78 is 0.802. The number of benzene rings is 1. The maximum atomic E-state index is 11.9. The smallest absolute Gasteiger partial charge is 0.321 e. The van der Waals surface area contributed by atoms with E-state index in [1.807, 2.05) is 6.07 Å². The molecule has 1 heterocycles. The number of carbonyl (C=O) groups excluding carboxylic acids is 1. The third-order valence-corrected chi connectivity index (χ3v) is 4.30. The fourth-order valence-electron chi connectivity index (χ4n) is 2.03. The number of hydrogen-bond acceptors (Lipinski definition) is 4. The minimum absolute atomic E-state index is 0.0160. The van der Waals surface area contributed by atoms with Crippen molar-refractivity contribution < 1.29 is 9.72 Å². The highest BCUT2D eigenvalue weighted by atomic mass is 79.9. The molecule has 1 aromatic rings. The summed E-state index contributed by atoms with van der Waals surface area (Å²) in [6, 6.07) is 6.00. The predicted molar refractivity (Wildman–Crippen MR) is 80.7 cm³/mol. The van der Waals surface area contributed by atoms with E-state index in [1.54, 1.807) is 24.5 Å². The van der Waals surface area contributed by atoms with Gasteiger partial charge in [-0.3, -0.25) is 15.0 Å². The van der Waals surface area contributed by atoms with E-state index in [9.17, 15) is 14.9 Å². The predicted octanol–water partition coefficient (Wildman–Crippen LogP) is 2.95. The summed E-state index contributed by atoms with van der Waals surface area (Å²) in [6.07, 6.45) is 1.71. The van der Waals surface area contributed by atoms with Crippen LogP contribution >= 0.6 is 27.7 Å². The number of urea groups is 1. The van der Waals surface area contributed by atoms with Gasteiger partial charge >= 0.3 is 11.7 Å². The summed E-state index contributed by atoms with van der Waals surface area (Å²) >= 11 is 4.52. The molecule has 2 rings (SSSR count). The third kappa shape index (κ3) is 2.66. The Morgan fingerprint density at radius 1 is 1.50 bits per heavy atom. The number of nitrogens with zero attached hydrogens (tertiary/aromatic N) is 2. The van der Waals surface area contributed by atoms with Gasteiger partial charge in [-0.2, -0.15) is 0 Å². The standard InChI is InChI=1S/C12H12BrN3O3S/c1-15-11(20-2)10(16(18)19)9(14-12(15)17)7-4-3-5-8(13)6-7/h3-6,9H,1-2H3,(H,14,17)/t9-/m1/s1. The molecule has 1 N–H and O–H groups in total. The van der Waals surface area contributed by atoms with E-state index < -0.39 is 11.0 Å². The number of nitro groups is 1. The Balaban J connectivity index is 2.58. The lowest BCUT2D eigenvalue weighted by Gasteiger charge is -2.29. The molecule has 8 heteroatoms. The van der Waals surface area contributed by atoms with Crippen molar-refractivity contribution in [3.8, 4) is 0 Å². The first-order chi connectivity index (χ1) is 9.45. The Kier molecular flexibility index (Phi) is 4.34. The molecule has 6 nitrogen and oxygen atoms in total. The summed E-state index contributed by atoms with van der Waals surface area (Å²) in [5, 5.41) is 14.4. The molecule has 1 aromatic carbocycles. The topological polar surface area (TPSA) is 75.5 Å². The lowest BCUT2D eigenvalue weighted by Crippen LogP contribution is -2.45. The molecule has 1 aliphatic rings. The van der Waals surface area contributed by atoms with Crippen molar-refractivity contribution in [1.82, 2.24) is 10.2 Å². The van der Waals surface area contributed by atoms with E-state index in [0.717, 1.165) is 4.47 Å². The average Bonchev–Trinajstić information content (AvgIpc) is 2.40. The first-order valence-electron chi connectivity index (χ1n) is 5.68. The van der Waals surface area contributed by atoms with E-state index in [2.05, 4.69) is 21.2 Å². The quantitative estimate of drug-likeness (QED) is 0.666. The second kappa shape index (κ2) is 5.84. The van der Waals surface area contributed by atoms with Gasteiger partial charge in [-0.15, -0.1) is 11.8 Å². The van der Waals surface area contributed by atoms with Crippen LogP contribution in [0, 0.1) is 10.1 Å². The number of halogens is 1. The fraction of sp³-hybridized carbons (Fsp3) is 0.250. The second-order valence-corrected chi connectivity index (χ2v) is 5.86. The van der Waals surface area contributed by atoms with Gasteiger partial charge in [-0.05, 0) is 24.0 Å². The van der Waals surface area contributed by atoms with Crippen LogP contribution < -0.4 is 5.32 Å². The SMILES string of the molecule is CSC1=C([N+](=O)[O-])[C@@H](c2cccc(Br)c2)NC(=O)N1C. The van der Waals surface area contributed by atoms with Crippen LogP contribution in [0.5, 0.6) is 0 Å². The molecule has 0 saturated heterocycles. The van der Waals surface area contributed by atoms with Crippen LogP contribution in [0.2, 0.25) is 0 Å². The second-order valence-electron chi connectivity index (χ2n) is 4.15. The van der Waals surface area contributed by atoms with Crippen molar-refractivity contribution >= 4 is 33.7 Å². The highest BCUT2D eigenvalue weighted by Crippen LogP contribution is 2.35. The molecule has 0 fully saturated rings. The molecule has 0 spiro atoms. The van der Waals surface area contributed by atoms with Crippen molar-refractivity contribution in [2.24, 2.45) is 0 Å². The molecule has 0 bridgehead atoms. The van der Waals surface area contributed by atoms with Crippen LogP contribution in [-0.2, 0) is 0 Å². The minimum Gasteiger partial charge on any atom is -0.321 e. The van der Waals surface area contributed by atoms with Gasteiger partial charge in [0.05, 0.1) is 4.92 Å². The molecule has 2 amide bonds. The maximum absolute atomic E-state index is 11.9. The van der Waals surface area contributed by atoms with Crippen molar-refractivity contribution in [3.05, 3.63) is 55.1 Å². The monoisotopic (exact) mass is 357 g/mol. The molecule has 0 aliphatic carbocycles. The molecule has 106 valence electrons. The van der Waals surface area contributed by atoms with E-state index in [4.69, 9.17) is 0 Å². The number of thioether (sulfide) groups is 1. The average molecular weight is 358 g/mol. The Hall–Kier alpha value is -1.54. The zero-order valence-corrected chi connectivity index (χ0v) is 13.2. The molecular formula is C12H12BrN3O3S. The molecular weight excluding hydrogens is 346 g/mol. The number of nitrogens with one attached hydrogen (secondary N) is 1. The Labute approximate surface area is 128 Å². The normalized spacial score (nSPS) is 19.1. The van der Waals surface area contributed by atoms with E-state index >= 15 is 0 Å². The van der Waals surface area contributed by atoms with E-state index in [0.29, 0.717) is 10.6 Å².